The van der Waals surface area contributed by atoms with E-state index in [1.807, 2.05) is 11.0 Å². The molecule has 7 nitrogen and oxygen atoms in total. The molecule has 3 saturated heterocycles. The van der Waals surface area contributed by atoms with Crippen LogP contribution in [0.4, 0.5) is 0 Å². The van der Waals surface area contributed by atoms with Crippen molar-refractivity contribution in [2.45, 2.75) is 85.6 Å². The topological polar surface area (TPSA) is 87.1 Å². The zero-order valence-corrected chi connectivity index (χ0v) is 24.5. The molecule has 0 radical (unpaired) electrons. The van der Waals surface area contributed by atoms with Crippen LogP contribution in [0.3, 0.4) is 0 Å². The van der Waals surface area contributed by atoms with Gasteiger partial charge in [0.2, 0.25) is 11.8 Å². The van der Waals surface area contributed by atoms with E-state index in [1.54, 1.807) is 22.7 Å². The summed E-state index contributed by atoms with van der Waals surface area (Å²) in [7, 11) is 0. The highest BCUT2D eigenvalue weighted by Crippen LogP contribution is 2.68. The fourth-order valence-electron chi connectivity index (χ4n) is 6.12. The van der Waals surface area contributed by atoms with Crippen molar-refractivity contribution in [2.24, 2.45) is 11.8 Å². The first-order valence-corrected chi connectivity index (χ1v) is 15.6. The van der Waals surface area contributed by atoms with Crippen LogP contribution in [-0.4, -0.2) is 86.4 Å². The minimum absolute atomic E-state index is 0.0352. The van der Waals surface area contributed by atoms with Crippen molar-refractivity contribution >= 4 is 45.5 Å². The maximum absolute atomic E-state index is 14.2. The number of hydrogen-bond acceptors (Lipinski definition) is 6. The number of carbonyl (C=O) groups is 3. The van der Waals surface area contributed by atoms with Gasteiger partial charge >= 0.3 is 5.97 Å². The summed E-state index contributed by atoms with van der Waals surface area (Å²) in [6.07, 6.45) is 10.8. The molecule has 1 spiro atoms. The van der Waals surface area contributed by atoms with E-state index in [4.69, 9.17) is 4.74 Å². The molecule has 0 aromatic rings. The van der Waals surface area contributed by atoms with E-state index in [-0.39, 0.29) is 34.5 Å². The Hall–Kier alpha value is -1.32. The second kappa shape index (κ2) is 14.2. The van der Waals surface area contributed by atoms with E-state index in [2.05, 4.69) is 36.0 Å². The highest BCUT2D eigenvalue weighted by atomic mass is 79.9. The number of alkyl halides is 1. The van der Waals surface area contributed by atoms with Gasteiger partial charge < -0.3 is 19.6 Å². The number of aliphatic hydroxyl groups is 1. The second-order valence-electron chi connectivity index (χ2n) is 10.4. The molecule has 37 heavy (non-hydrogen) atoms. The van der Waals surface area contributed by atoms with Crippen LogP contribution in [0.5, 0.6) is 0 Å². The molecule has 3 unspecified atom stereocenters. The summed E-state index contributed by atoms with van der Waals surface area (Å²) < 4.78 is 5.04. The Morgan fingerprint density at radius 2 is 2.00 bits per heavy atom. The summed E-state index contributed by atoms with van der Waals surface area (Å²) in [6.45, 7) is 11.6. The van der Waals surface area contributed by atoms with Crippen molar-refractivity contribution in [3.63, 3.8) is 0 Å². The molecule has 2 bridgehead atoms. The number of halogens is 1. The Morgan fingerprint density at radius 1 is 1.22 bits per heavy atom. The lowest BCUT2D eigenvalue weighted by Gasteiger charge is -2.38. The van der Waals surface area contributed by atoms with Crippen molar-refractivity contribution in [1.29, 1.82) is 0 Å². The maximum Gasteiger partial charge on any atom is 0.310 e. The fourth-order valence-corrected chi connectivity index (χ4v) is 9.71. The minimum Gasteiger partial charge on any atom is -0.465 e. The number of fused-ring (bicyclic) bond motifs is 1. The molecule has 3 aliphatic heterocycles. The van der Waals surface area contributed by atoms with Gasteiger partial charge in [-0.1, -0.05) is 41.4 Å². The third-order valence-corrected chi connectivity index (χ3v) is 11.1. The summed E-state index contributed by atoms with van der Waals surface area (Å²) in [5, 5.41) is 9.12. The number of thioether (sulfide) groups is 1. The molecule has 0 aromatic carbocycles. The second-order valence-corrected chi connectivity index (χ2v) is 13.1. The van der Waals surface area contributed by atoms with E-state index in [1.165, 1.54) is 0 Å². The largest absolute Gasteiger partial charge is 0.465 e. The number of amides is 2. The van der Waals surface area contributed by atoms with Gasteiger partial charge in [-0.15, -0.1) is 24.9 Å². The average Bonchev–Trinajstić information content (AvgIpc) is 3.47. The van der Waals surface area contributed by atoms with Gasteiger partial charge in [-0.25, -0.2) is 0 Å². The van der Waals surface area contributed by atoms with Crippen LogP contribution in [0.1, 0.15) is 64.7 Å². The van der Waals surface area contributed by atoms with Gasteiger partial charge in [0.1, 0.15) is 6.04 Å². The number of likely N-dealkylation sites (tertiary alicyclic amines) is 1. The van der Waals surface area contributed by atoms with E-state index >= 15 is 0 Å². The molecule has 3 rings (SSSR count). The number of allylic oxidation sites excluding steroid dienone is 1. The Labute approximate surface area is 234 Å². The highest BCUT2D eigenvalue weighted by Gasteiger charge is 2.76. The van der Waals surface area contributed by atoms with Crippen LogP contribution in [0.25, 0.3) is 0 Å². The molecule has 0 aliphatic carbocycles. The Bertz CT molecular complexity index is 841. The summed E-state index contributed by atoms with van der Waals surface area (Å²) in [5.74, 6) is -1.57. The molecule has 9 heteroatoms. The monoisotopic (exact) mass is 598 g/mol. The molecular weight excluding hydrogens is 556 g/mol. The number of unbranched alkanes of at least 4 members (excludes halogenated alkanes) is 5. The zero-order valence-electron chi connectivity index (χ0n) is 22.1. The van der Waals surface area contributed by atoms with Gasteiger partial charge in [0.15, 0.2) is 0 Å². The normalized spacial score (nSPS) is 29.9. The van der Waals surface area contributed by atoms with Crippen molar-refractivity contribution in [3.8, 4) is 0 Å². The molecular formula is C28H43BrN2O5S. The van der Waals surface area contributed by atoms with Gasteiger partial charge in [-0.3, -0.25) is 14.4 Å². The first-order valence-electron chi connectivity index (χ1n) is 13.8. The lowest BCUT2D eigenvalue weighted by Crippen LogP contribution is -2.55. The van der Waals surface area contributed by atoms with E-state index in [9.17, 15) is 19.5 Å². The van der Waals surface area contributed by atoms with Crippen LogP contribution in [0.2, 0.25) is 0 Å². The SMILES string of the molecule is C=CCCCCOC(=O)[C@H]1[C@H]2C(=O)N(CCCCCO)C(C(=O)N(CC=C)CCCC)C23CC(Br)[C@@H]1S3. The number of carbonyl (C=O) groups excluding carboxylic acids is 3. The molecule has 6 atom stereocenters. The van der Waals surface area contributed by atoms with Gasteiger partial charge in [0.25, 0.3) is 0 Å². The summed E-state index contributed by atoms with van der Waals surface area (Å²) in [6, 6.07) is -0.614. The molecule has 3 aliphatic rings. The first-order chi connectivity index (χ1) is 17.9. The van der Waals surface area contributed by atoms with Gasteiger partial charge in [0.05, 0.1) is 23.2 Å². The van der Waals surface area contributed by atoms with E-state index < -0.39 is 22.6 Å². The third kappa shape index (κ3) is 6.30. The van der Waals surface area contributed by atoms with Gasteiger partial charge in [-0.05, 0) is 51.4 Å². The lowest BCUT2D eigenvalue weighted by atomic mass is 9.71. The summed E-state index contributed by atoms with van der Waals surface area (Å²) in [5.41, 5.74) is 0. The fraction of sp³-hybridized carbons (Fsp3) is 0.750. The molecule has 1 N–H and O–H groups in total. The molecule has 0 aromatic heterocycles. The predicted octanol–water partition coefficient (Wildman–Crippen LogP) is 4.33. The third-order valence-electron chi connectivity index (χ3n) is 7.84. The minimum atomic E-state index is -0.651. The van der Waals surface area contributed by atoms with Crippen LogP contribution in [0, 0.1) is 11.8 Å². The van der Waals surface area contributed by atoms with Crippen LogP contribution < -0.4 is 0 Å². The standard InChI is InChI=1S/C28H43BrN2O5S/c1-4-7-9-13-18-36-27(35)21-22-25(33)31(16-11-10-12-17-32)24(28(22)19-20(29)23(21)37-28)26(34)30(14-6-3)15-8-5-2/h4,6,20-24,32H,1,3,5,7-19H2,2H3/t20?,21-,22-,23-,24?,28?/m0/s1. The Balaban J connectivity index is 1.89. The van der Waals surface area contributed by atoms with Crippen molar-refractivity contribution < 1.29 is 24.2 Å². The average molecular weight is 600 g/mol. The lowest BCUT2D eigenvalue weighted by molar-refractivity contribution is -0.154. The highest BCUT2D eigenvalue weighted by molar-refractivity contribution is 9.09. The first kappa shape index (κ1) is 30.2. The molecule has 2 amide bonds. The number of esters is 1. The van der Waals surface area contributed by atoms with E-state index in [0.717, 1.165) is 38.5 Å². The molecule has 208 valence electrons. The Morgan fingerprint density at radius 3 is 2.68 bits per heavy atom. The number of nitrogens with zero attached hydrogens (tertiary/aromatic N) is 2. The summed E-state index contributed by atoms with van der Waals surface area (Å²) >= 11 is 5.45. The molecule has 0 saturated carbocycles. The van der Waals surface area contributed by atoms with Gasteiger partial charge in [-0.2, -0.15) is 0 Å². The molecule has 3 heterocycles. The maximum atomic E-state index is 14.2. The van der Waals surface area contributed by atoms with Crippen molar-refractivity contribution in [3.05, 3.63) is 25.3 Å². The Kier molecular flexibility index (Phi) is 11.6. The number of ether oxygens (including phenoxy) is 1. The van der Waals surface area contributed by atoms with Gasteiger partial charge in [0, 0.05) is 36.3 Å². The van der Waals surface area contributed by atoms with Crippen LogP contribution in [0.15, 0.2) is 25.3 Å². The van der Waals surface area contributed by atoms with Crippen LogP contribution in [-0.2, 0) is 19.1 Å². The molecule has 3 fully saturated rings. The number of hydrogen-bond donors (Lipinski definition) is 1. The predicted molar refractivity (Wildman–Crippen MR) is 152 cm³/mol. The number of aliphatic hydroxyl groups excluding tert-OH is 1. The van der Waals surface area contributed by atoms with Crippen molar-refractivity contribution in [1.82, 2.24) is 9.80 Å². The quantitative estimate of drug-likeness (QED) is 0.116. The number of rotatable bonds is 17. The summed E-state index contributed by atoms with van der Waals surface area (Å²) in [4.78, 5) is 45.2. The smallest absolute Gasteiger partial charge is 0.310 e. The zero-order chi connectivity index (χ0) is 27.0. The van der Waals surface area contributed by atoms with Crippen molar-refractivity contribution in [2.75, 3.05) is 32.8 Å². The van der Waals surface area contributed by atoms with E-state index in [0.29, 0.717) is 45.5 Å². The van der Waals surface area contributed by atoms with Crippen LogP contribution >= 0.6 is 27.7 Å².